The SMILES string of the molecule is C=CCOC12Oc3ccc(Oc4ccc(C)c(C)c4)cc3C3C(CCCCO)C(CCCCO)C=C(C(=NOC)CC1N(Cc1ccc(F)cc1)C(=O)Oc1ccc([N+](=O)[O-])cc1)C32. The Morgan fingerprint density at radius 2 is 1.64 bits per heavy atom. The maximum Gasteiger partial charge on any atom is 0.416 e. The summed E-state index contributed by atoms with van der Waals surface area (Å²) in [5.41, 5.74) is 4.95. The lowest BCUT2D eigenvalue weighted by atomic mass is 9.55. The Bertz CT molecular complexity index is 2350. The molecule has 2 N–H and O–H groups in total. The van der Waals surface area contributed by atoms with E-state index in [0.717, 1.165) is 47.9 Å². The topological polar surface area (TPSA) is 162 Å². The third-order valence-corrected chi connectivity index (χ3v) is 12.7. The van der Waals surface area contributed by atoms with Gasteiger partial charge in [-0.15, -0.1) is 6.58 Å². The van der Waals surface area contributed by atoms with Crippen molar-refractivity contribution < 1.29 is 48.1 Å². The molecule has 3 aliphatic rings. The molecular weight excluding hydrogens is 822 g/mol. The van der Waals surface area contributed by atoms with Gasteiger partial charge in [0.2, 0.25) is 5.79 Å². The fraction of sp³-hybridized carbons (Fsp3) is 0.400. The molecule has 1 heterocycles. The van der Waals surface area contributed by atoms with Crippen LogP contribution < -0.4 is 14.2 Å². The Balaban J connectivity index is 1.44. The molecule has 6 atom stereocenters. The number of non-ortho nitro benzene ring substituents is 1. The number of halogens is 1. The molecule has 14 heteroatoms. The van der Waals surface area contributed by atoms with Gasteiger partial charge in [0.1, 0.15) is 42.0 Å². The molecule has 0 radical (unpaired) electrons. The van der Waals surface area contributed by atoms with Gasteiger partial charge in [-0.2, -0.15) is 0 Å². The first kappa shape index (κ1) is 45.9. The van der Waals surface area contributed by atoms with Gasteiger partial charge in [-0.05, 0) is 128 Å². The van der Waals surface area contributed by atoms with Gasteiger partial charge in [-0.3, -0.25) is 15.0 Å². The zero-order chi connectivity index (χ0) is 45.4. The zero-order valence-electron chi connectivity index (χ0n) is 36.5. The smallest absolute Gasteiger partial charge is 0.416 e. The van der Waals surface area contributed by atoms with E-state index in [9.17, 15) is 29.5 Å². The number of rotatable bonds is 19. The Labute approximate surface area is 372 Å². The second kappa shape index (κ2) is 20.6. The summed E-state index contributed by atoms with van der Waals surface area (Å²) in [5.74, 6) is -1.13. The molecule has 0 aromatic heterocycles. The number of carbonyl (C=O) groups excluding carboxylic acids is 1. The highest BCUT2D eigenvalue weighted by Crippen LogP contribution is 2.62. The maximum absolute atomic E-state index is 14.9. The van der Waals surface area contributed by atoms with Gasteiger partial charge in [-0.1, -0.05) is 48.3 Å². The van der Waals surface area contributed by atoms with Crippen LogP contribution in [0, 0.1) is 47.5 Å². The van der Waals surface area contributed by atoms with Crippen molar-refractivity contribution in [2.45, 2.75) is 83.1 Å². The monoisotopic (exact) mass is 877 g/mol. The summed E-state index contributed by atoms with van der Waals surface area (Å²) in [5, 5.41) is 35.9. The average molecular weight is 878 g/mol. The van der Waals surface area contributed by atoms with Crippen molar-refractivity contribution in [2.24, 2.45) is 22.9 Å². The van der Waals surface area contributed by atoms with Crippen molar-refractivity contribution >= 4 is 17.5 Å². The number of fused-ring (bicyclic) bond motifs is 2. The summed E-state index contributed by atoms with van der Waals surface area (Å²) in [6.07, 6.45) is 7.39. The van der Waals surface area contributed by atoms with E-state index in [2.05, 4.69) is 17.8 Å². The van der Waals surface area contributed by atoms with Crippen LogP contribution in [-0.4, -0.2) is 70.6 Å². The van der Waals surface area contributed by atoms with Crippen LogP contribution in [0.5, 0.6) is 23.0 Å². The number of nitrogens with zero attached hydrogens (tertiary/aromatic N) is 3. The number of benzene rings is 4. The molecule has 0 bridgehead atoms. The molecule has 338 valence electrons. The summed E-state index contributed by atoms with van der Waals surface area (Å²) in [6.45, 7) is 8.14. The number of hydrogen-bond donors (Lipinski definition) is 2. The fourth-order valence-electron chi connectivity index (χ4n) is 9.62. The van der Waals surface area contributed by atoms with Crippen LogP contribution in [0.1, 0.15) is 73.1 Å². The van der Waals surface area contributed by atoms with E-state index in [1.165, 1.54) is 48.4 Å². The van der Waals surface area contributed by atoms with Crippen LogP contribution in [0.25, 0.3) is 0 Å². The van der Waals surface area contributed by atoms with Crippen LogP contribution in [0.4, 0.5) is 14.9 Å². The van der Waals surface area contributed by atoms with Crippen molar-refractivity contribution in [3.63, 3.8) is 0 Å². The van der Waals surface area contributed by atoms with E-state index in [-0.39, 0.29) is 62.0 Å². The van der Waals surface area contributed by atoms with E-state index in [1.807, 2.05) is 50.2 Å². The number of carbonyl (C=O) groups is 1. The number of oxime groups is 1. The molecule has 2 aliphatic carbocycles. The quantitative estimate of drug-likeness (QED) is 0.0401. The predicted molar refractivity (Wildman–Crippen MR) is 239 cm³/mol. The number of ether oxygens (including phenoxy) is 4. The summed E-state index contributed by atoms with van der Waals surface area (Å²) in [6, 6.07) is 21.8. The minimum atomic E-state index is -1.61. The Morgan fingerprint density at radius 1 is 0.953 bits per heavy atom. The number of unbranched alkanes of at least 4 members (excludes halogenated alkanes) is 2. The van der Waals surface area contributed by atoms with E-state index >= 15 is 0 Å². The van der Waals surface area contributed by atoms with E-state index in [0.29, 0.717) is 41.4 Å². The first-order chi connectivity index (χ1) is 31.0. The number of aliphatic hydroxyl groups excluding tert-OH is 2. The Morgan fingerprint density at radius 3 is 2.31 bits per heavy atom. The lowest BCUT2D eigenvalue weighted by Crippen LogP contribution is -2.70. The molecule has 1 amide bonds. The second-order valence-electron chi connectivity index (χ2n) is 16.7. The van der Waals surface area contributed by atoms with Gasteiger partial charge in [0.25, 0.3) is 5.69 Å². The van der Waals surface area contributed by atoms with E-state index in [4.69, 9.17) is 23.8 Å². The summed E-state index contributed by atoms with van der Waals surface area (Å²) in [4.78, 5) is 32.9. The molecule has 1 aliphatic heterocycles. The fourth-order valence-corrected chi connectivity index (χ4v) is 9.62. The molecule has 64 heavy (non-hydrogen) atoms. The largest absolute Gasteiger partial charge is 0.459 e. The molecule has 4 aromatic rings. The highest BCUT2D eigenvalue weighted by molar-refractivity contribution is 6.03. The van der Waals surface area contributed by atoms with Crippen molar-refractivity contribution in [3.05, 3.63) is 147 Å². The Kier molecular flexibility index (Phi) is 14.8. The van der Waals surface area contributed by atoms with Crippen molar-refractivity contribution in [3.8, 4) is 23.0 Å². The molecule has 0 saturated heterocycles. The van der Waals surface area contributed by atoms with Crippen LogP contribution in [-0.2, 0) is 16.1 Å². The highest BCUT2D eigenvalue weighted by atomic mass is 19.1. The summed E-state index contributed by atoms with van der Waals surface area (Å²) >= 11 is 0. The third-order valence-electron chi connectivity index (χ3n) is 12.7. The van der Waals surface area contributed by atoms with Crippen LogP contribution in [0.2, 0.25) is 0 Å². The van der Waals surface area contributed by atoms with Crippen LogP contribution in [0.3, 0.4) is 0 Å². The van der Waals surface area contributed by atoms with E-state index in [1.54, 1.807) is 18.2 Å². The maximum atomic E-state index is 14.9. The summed E-state index contributed by atoms with van der Waals surface area (Å²) in [7, 11) is 1.47. The second-order valence-corrected chi connectivity index (χ2v) is 16.7. The molecule has 4 aromatic carbocycles. The van der Waals surface area contributed by atoms with Gasteiger partial charge in [0.15, 0.2) is 0 Å². The molecule has 0 spiro atoms. The number of nitro groups is 1. The molecule has 7 rings (SSSR count). The van der Waals surface area contributed by atoms with E-state index < -0.39 is 34.6 Å². The lowest BCUT2D eigenvalue weighted by molar-refractivity contribution is -0.384. The third kappa shape index (κ3) is 9.84. The minimum absolute atomic E-state index is 0.00916. The van der Waals surface area contributed by atoms with Crippen molar-refractivity contribution in [1.29, 1.82) is 0 Å². The van der Waals surface area contributed by atoms with Crippen molar-refractivity contribution in [1.82, 2.24) is 4.90 Å². The number of nitro benzene ring substituents is 1. The number of hydrogen-bond acceptors (Lipinski definition) is 11. The zero-order valence-corrected chi connectivity index (χ0v) is 36.5. The molecule has 6 unspecified atom stereocenters. The summed E-state index contributed by atoms with van der Waals surface area (Å²) < 4.78 is 41.2. The van der Waals surface area contributed by atoms with Gasteiger partial charge in [0.05, 0.1) is 23.2 Å². The molecule has 1 fully saturated rings. The molecule has 13 nitrogen and oxygen atoms in total. The molecule has 1 saturated carbocycles. The highest BCUT2D eigenvalue weighted by Gasteiger charge is 2.65. The molecular formula is C50H56FN3O10. The van der Waals surface area contributed by atoms with Crippen LogP contribution in [0.15, 0.2) is 114 Å². The predicted octanol–water partition coefficient (Wildman–Crippen LogP) is 10.1. The van der Waals surface area contributed by atoms with Gasteiger partial charge >= 0.3 is 6.09 Å². The first-order valence-electron chi connectivity index (χ1n) is 21.8. The Hall–Kier alpha value is -6.09. The van der Waals surface area contributed by atoms with Crippen LogP contribution >= 0.6 is 0 Å². The van der Waals surface area contributed by atoms with Gasteiger partial charge in [-0.25, -0.2) is 9.18 Å². The van der Waals surface area contributed by atoms with Crippen molar-refractivity contribution in [2.75, 3.05) is 26.9 Å². The number of amides is 1. The normalized spacial score (nSPS) is 22.6. The number of aliphatic hydroxyl groups is 2. The first-order valence-corrected chi connectivity index (χ1v) is 21.8. The number of allylic oxidation sites excluding steroid dienone is 1. The minimum Gasteiger partial charge on any atom is -0.459 e. The number of aryl methyl sites for hydroxylation is 2. The standard InChI is InChI=1S/C50H56FN3O10/c1-5-26-61-50-46(53(31-34-13-15-36(51)16-14-34)49(57)63-38-20-17-37(18-21-38)54(58)59)30-44(52-60-4)42-28-35(10-6-8-24-55)41(11-7-9-25-56)47(48(42)50)43-29-40(22-23-45(43)64-50)62-39-19-12-32(2)33(3)27-39/h5,12-23,27-29,35,41,46-48,55-56H,1,6-11,24-26,30-31H2,2-4H3. The van der Waals surface area contributed by atoms with Gasteiger partial charge in [0, 0.05) is 49.8 Å². The average Bonchev–Trinajstić information content (AvgIpc) is 3.28. The van der Waals surface area contributed by atoms with Gasteiger partial charge < -0.3 is 34.0 Å². The lowest BCUT2D eigenvalue weighted by Gasteiger charge is -2.59.